The van der Waals surface area contributed by atoms with Crippen molar-refractivity contribution in [3.05, 3.63) is 94.5 Å². The minimum atomic E-state index is -0.162. The summed E-state index contributed by atoms with van der Waals surface area (Å²) in [5, 5.41) is 18.3. The van der Waals surface area contributed by atoms with Crippen LogP contribution in [-0.2, 0) is 9.59 Å². The summed E-state index contributed by atoms with van der Waals surface area (Å²) < 4.78 is 15.0. The number of rotatable bonds is 9. The third-order valence-electron chi connectivity index (χ3n) is 5.35. The highest BCUT2D eigenvalue weighted by Gasteiger charge is 2.14. The first-order valence-electron chi connectivity index (χ1n) is 13.2. The molecule has 0 aliphatic rings. The molecule has 0 unspecified atom stereocenters. The Morgan fingerprint density at radius 2 is 1.62 bits per heavy atom. The van der Waals surface area contributed by atoms with Crippen LogP contribution in [0.4, 0.5) is 4.39 Å². The van der Waals surface area contributed by atoms with Gasteiger partial charge in [-0.25, -0.2) is 9.07 Å². The largest absolute Gasteiger partial charge is 0.507 e. The zero-order valence-corrected chi connectivity index (χ0v) is 26.3. The number of aryl methyl sites for hydroxylation is 1. The molecule has 0 amide bonds. The highest BCUT2D eigenvalue weighted by Crippen LogP contribution is 2.27. The summed E-state index contributed by atoms with van der Waals surface area (Å²) in [6, 6.07) is 14.1. The molecule has 8 heteroatoms. The predicted molar refractivity (Wildman–Crippen MR) is 170 cm³/mol. The molecule has 0 radical (unpaired) electrons. The monoisotopic (exact) mass is 617 g/mol. The Hall–Kier alpha value is -3.52. The van der Waals surface area contributed by atoms with Crippen molar-refractivity contribution in [2.45, 2.75) is 73.3 Å². The van der Waals surface area contributed by atoms with Gasteiger partial charge in [0, 0.05) is 11.6 Å². The van der Waals surface area contributed by atoms with Crippen molar-refractivity contribution in [2.24, 2.45) is 0 Å². The van der Waals surface area contributed by atoms with E-state index in [9.17, 15) is 9.50 Å². The van der Waals surface area contributed by atoms with E-state index in [2.05, 4.69) is 46.8 Å². The van der Waals surface area contributed by atoms with Crippen molar-refractivity contribution in [1.29, 1.82) is 0 Å². The van der Waals surface area contributed by atoms with Gasteiger partial charge in [-0.1, -0.05) is 77.4 Å². The van der Waals surface area contributed by atoms with Gasteiger partial charge in [0.05, 0.1) is 16.4 Å². The van der Waals surface area contributed by atoms with Crippen LogP contribution in [0.1, 0.15) is 70.2 Å². The summed E-state index contributed by atoms with van der Waals surface area (Å²) in [6.07, 6.45) is 8.17. The van der Waals surface area contributed by atoms with E-state index in [4.69, 9.17) is 9.59 Å². The van der Waals surface area contributed by atoms with E-state index in [1.807, 2.05) is 76.3 Å². The zero-order chi connectivity index (χ0) is 31.1. The van der Waals surface area contributed by atoms with Crippen LogP contribution in [-0.4, -0.2) is 34.5 Å². The molecule has 3 aromatic rings. The lowest BCUT2D eigenvalue weighted by atomic mass is 10.0. The number of aromatic nitrogens is 2. The van der Waals surface area contributed by atoms with Crippen molar-refractivity contribution in [1.82, 2.24) is 15.1 Å². The molecule has 0 bridgehead atoms. The van der Waals surface area contributed by atoms with E-state index in [0.717, 1.165) is 58.4 Å². The zero-order valence-electron chi connectivity index (χ0n) is 24.7. The summed E-state index contributed by atoms with van der Waals surface area (Å²) in [4.78, 5) is 16.0. The second-order valence-corrected chi connectivity index (χ2v) is 9.13. The van der Waals surface area contributed by atoms with Gasteiger partial charge in [0.15, 0.2) is 0 Å². The van der Waals surface area contributed by atoms with Gasteiger partial charge in [-0.15, -0.1) is 0 Å². The first kappa shape index (κ1) is 38.6. The maximum atomic E-state index is 12.2. The first-order chi connectivity index (χ1) is 19.3. The summed E-state index contributed by atoms with van der Waals surface area (Å²) in [5.41, 5.74) is 3.44. The van der Waals surface area contributed by atoms with Gasteiger partial charge in [-0.3, -0.25) is 0 Å². The molecule has 0 aliphatic heterocycles. The van der Waals surface area contributed by atoms with E-state index >= 15 is 0 Å². The van der Waals surface area contributed by atoms with Crippen LogP contribution in [0.5, 0.6) is 5.75 Å². The van der Waals surface area contributed by atoms with Crippen molar-refractivity contribution < 1.29 is 19.1 Å². The fraction of sp³-hybridized carbons (Fsp3) is 0.344. The number of para-hydroxylation sites is 1. The van der Waals surface area contributed by atoms with Gasteiger partial charge in [-0.2, -0.15) is 5.10 Å². The second-order valence-electron chi connectivity index (χ2n) is 8.28. The first-order valence-corrected chi connectivity index (χ1v) is 14.0. The Morgan fingerprint density at radius 3 is 2.05 bits per heavy atom. The van der Waals surface area contributed by atoms with Crippen LogP contribution in [0.3, 0.4) is 0 Å². The van der Waals surface area contributed by atoms with E-state index in [1.165, 1.54) is 12.1 Å². The minimum absolute atomic E-state index is 0.162. The Balaban J connectivity index is 0. The van der Waals surface area contributed by atoms with Gasteiger partial charge in [0.25, 0.3) is 0 Å². The fourth-order valence-corrected chi connectivity index (χ4v) is 3.84. The third-order valence-corrected chi connectivity index (χ3v) is 6.12. The summed E-state index contributed by atoms with van der Waals surface area (Å²) in [7, 11) is 0. The lowest BCUT2D eigenvalue weighted by Crippen LogP contribution is -2.30. The molecule has 1 heterocycles. The predicted octanol–water partition coefficient (Wildman–Crippen LogP) is 8.52. The molecule has 2 N–H and O–H groups in total. The molecule has 0 atom stereocenters. The standard InChI is InChI=1S/C21H28BrN3O.C7H7F.C2H6.2CH2O/c1-5-9-17(10-6-2)24-21(25-16(4)19(22)14-23-25)13-15(3)18-11-7-8-12-20(18)26;1-6-3-2-4-7(8)5-6;3*1-2/h7-8,11-14,17,24,26H,3,5-6,9-10H2,1-2,4H3;2-5H,1H3;1-2H3;2*1H2/b21-13-;;;;. The van der Waals surface area contributed by atoms with Crippen molar-refractivity contribution in [3.63, 3.8) is 0 Å². The van der Waals surface area contributed by atoms with Gasteiger partial charge in [0.1, 0.15) is 31.0 Å². The van der Waals surface area contributed by atoms with Crippen molar-refractivity contribution in [2.75, 3.05) is 0 Å². The average Bonchev–Trinajstić information content (AvgIpc) is 3.30. The molecule has 1 aromatic heterocycles. The summed E-state index contributed by atoms with van der Waals surface area (Å²) in [6.45, 7) is 20.4. The van der Waals surface area contributed by atoms with Crippen LogP contribution in [0, 0.1) is 19.7 Å². The third kappa shape index (κ3) is 14.0. The number of phenolic OH excluding ortho intramolecular Hbond substituents is 1. The number of nitrogens with one attached hydrogen (secondary N) is 1. The van der Waals surface area contributed by atoms with E-state index in [1.54, 1.807) is 18.3 Å². The molecule has 3 rings (SSSR count). The topological polar surface area (TPSA) is 84.2 Å². The molecule has 40 heavy (non-hydrogen) atoms. The van der Waals surface area contributed by atoms with E-state index in [-0.39, 0.29) is 11.6 Å². The molecular weight excluding hydrogens is 573 g/mol. The van der Waals surface area contributed by atoms with Gasteiger partial charge >= 0.3 is 0 Å². The van der Waals surface area contributed by atoms with Crippen molar-refractivity contribution >= 4 is 40.9 Å². The van der Waals surface area contributed by atoms with E-state index < -0.39 is 0 Å². The molecule has 6 nitrogen and oxygen atoms in total. The van der Waals surface area contributed by atoms with Crippen LogP contribution in [0.25, 0.3) is 11.4 Å². The summed E-state index contributed by atoms with van der Waals surface area (Å²) >= 11 is 3.53. The SMILES string of the molecule is C=C(/C=C(/NC(CCC)CCC)n1ncc(Br)c1C)c1ccccc1O.C=O.C=O.CC.Cc1cccc(F)c1. The average molecular weight is 619 g/mol. The minimum Gasteiger partial charge on any atom is -0.507 e. The Labute approximate surface area is 248 Å². The Morgan fingerprint density at radius 1 is 1.05 bits per heavy atom. The van der Waals surface area contributed by atoms with Gasteiger partial charge in [0.2, 0.25) is 0 Å². The van der Waals surface area contributed by atoms with Crippen molar-refractivity contribution in [3.8, 4) is 5.75 Å². The summed E-state index contributed by atoms with van der Waals surface area (Å²) in [5.74, 6) is 0.934. The number of halogens is 2. The maximum Gasteiger partial charge on any atom is 0.128 e. The van der Waals surface area contributed by atoms with E-state index in [0.29, 0.717) is 6.04 Å². The number of hydrogen-bond donors (Lipinski definition) is 2. The normalized spacial score (nSPS) is 9.88. The molecule has 0 saturated heterocycles. The number of carbonyl (C=O) groups is 2. The molecule has 220 valence electrons. The lowest BCUT2D eigenvalue weighted by Gasteiger charge is -2.22. The molecule has 0 spiro atoms. The number of phenols is 1. The quantitative estimate of drug-likeness (QED) is 0.235. The number of nitrogens with zero attached hydrogens (tertiary/aromatic N) is 2. The van der Waals surface area contributed by atoms with Gasteiger partial charge < -0.3 is 20.0 Å². The molecule has 2 aromatic carbocycles. The number of allylic oxidation sites excluding steroid dienone is 2. The Bertz CT molecular complexity index is 1120. The molecule has 0 fully saturated rings. The second kappa shape index (κ2) is 23.4. The highest BCUT2D eigenvalue weighted by molar-refractivity contribution is 9.10. The lowest BCUT2D eigenvalue weighted by molar-refractivity contribution is -0.0987. The number of benzene rings is 2. The molecule has 0 saturated carbocycles. The number of carbonyl (C=O) groups excluding carboxylic acids is 2. The van der Waals surface area contributed by atoms with Crippen LogP contribution in [0.2, 0.25) is 0 Å². The van der Waals surface area contributed by atoms with Crippen LogP contribution < -0.4 is 5.32 Å². The van der Waals surface area contributed by atoms with Gasteiger partial charge in [-0.05, 0) is 78.0 Å². The molecular formula is C32H45BrFN3O3. The molecule has 0 aliphatic carbocycles. The fourth-order valence-electron chi connectivity index (χ4n) is 3.58. The maximum absolute atomic E-state index is 12.2. The van der Waals surface area contributed by atoms with Crippen LogP contribution >= 0.6 is 15.9 Å². The number of aromatic hydroxyl groups is 1. The van der Waals surface area contributed by atoms with Crippen LogP contribution in [0.15, 0.2) is 71.9 Å². The number of hydrogen-bond acceptors (Lipinski definition) is 5. The smallest absolute Gasteiger partial charge is 0.128 e. The highest BCUT2D eigenvalue weighted by atomic mass is 79.9. The Kier molecular flexibility index (Phi) is 22.6.